The number of amides is 1. The number of hydrogen-bond donors (Lipinski definition) is 0. The van der Waals surface area contributed by atoms with Gasteiger partial charge in [0.1, 0.15) is 11.8 Å². The monoisotopic (exact) mass is 517 g/mol. The minimum absolute atomic E-state index is 0.0541. The topological polar surface area (TPSA) is 46.6 Å². The third kappa shape index (κ3) is 6.61. The third-order valence-corrected chi connectivity index (χ3v) is 7.59. The van der Waals surface area contributed by atoms with Crippen molar-refractivity contribution in [3.63, 3.8) is 0 Å². The first kappa shape index (κ1) is 26.9. The number of halogens is 1. The predicted octanol–water partition coefficient (Wildman–Crippen LogP) is 8.40. The third-order valence-electron chi connectivity index (χ3n) is 7.34. The minimum Gasteiger partial charge on any atom is -0.497 e. The van der Waals surface area contributed by atoms with E-state index in [2.05, 4.69) is 13.8 Å². The Morgan fingerprint density at radius 2 is 1.57 bits per heavy atom. The van der Waals surface area contributed by atoms with E-state index in [-0.39, 0.29) is 11.7 Å². The summed E-state index contributed by atoms with van der Waals surface area (Å²) >= 11 is 6.21. The van der Waals surface area contributed by atoms with Crippen LogP contribution in [-0.2, 0) is 4.79 Å². The second-order valence-corrected chi connectivity index (χ2v) is 10.7. The van der Waals surface area contributed by atoms with Gasteiger partial charge in [0.15, 0.2) is 5.78 Å². The van der Waals surface area contributed by atoms with Gasteiger partial charge in [0.25, 0.3) is 5.91 Å². The van der Waals surface area contributed by atoms with Gasteiger partial charge in [0, 0.05) is 22.7 Å². The molecule has 1 fully saturated rings. The molecule has 0 bridgehead atoms. The van der Waals surface area contributed by atoms with E-state index in [1.807, 2.05) is 42.5 Å². The molecule has 1 unspecified atom stereocenters. The van der Waals surface area contributed by atoms with Crippen molar-refractivity contribution in [2.75, 3.05) is 12.0 Å². The molecular weight excluding hydrogens is 482 g/mol. The Hall–Kier alpha value is -3.11. The summed E-state index contributed by atoms with van der Waals surface area (Å²) in [5.74, 6) is 1.12. The van der Waals surface area contributed by atoms with E-state index >= 15 is 0 Å². The smallest absolute Gasteiger partial charge is 0.259 e. The molecule has 4 nitrogen and oxygen atoms in total. The summed E-state index contributed by atoms with van der Waals surface area (Å²) < 4.78 is 5.39. The van der Waals surface area contributed by atoms with E-state index in [4.69, 9.17) is 16.3 Å². The van der Waals surface area contributed by atoms with Gasteiger partial charge in [-0.25, -0.2) is 0 Å². The van der Waals surface area contributed by atoms with Crippen LogP contribution in [0.25, 0.3) is 0 Å². The summed E-state index contributed by atoms with van der Waals surface area (Å²) in [7, 11) is 1.58. The quantitative estimate of drug-likeness (QED) is 0.286. The Morgan fingerprint density at radius 1 is 0.919 bits per heavy atom. The van der Waals surface area contributed by atoms with Gasteiger partial charge in [-0.2, -0.15) is 0 Å². The molecular formula is C32H36ClNO3. The molecule has 1 aliphatic rings. The van der Waals surface area contributed by atoms with E-state index in [9.17, 15) is 9.59 Å². The molecule has 37 heavy (non-hydrogen) atoms. The summed E-state index contributed by atoms with van der Waals surface area (Å²) in [6, 6.07) is 21.6. The van der Waals surface area contributed by atoms with Crippen LogP contribution in [0.3, 0.4) is 0 Å². The predicted molar refractivity (Wildman–Crippen MR) is 151 cm³/mol. The van der Waals surface area contributed by atoms with Crippen molar-refractivity contribution >= 4 is 29.0 Å². The van der Waals surface area contributed by atoms with Crippen LogP contribution in [0, 0.1) is 5.92 Å². The van der Waals surface area contributed by atoms with E-state index < -0.39 is 6.04 Å². The van der Waals surface area contributed by atoms with Crippen LogP contribution in [0.15, 0.2) is 72.8 Å². The lowest BCUT2D eigenvalue weighted by Crippen LogP contribution is -2.40. The molecule has 0 aromatic heterocycles. The first-order chi connectivity index (χ1) is 17.9. The Bertz CT molecular complexity index is 1200. The molecule has 0 saturated heterocycles. The number of rotatable bonds is 9. The molecule has 4 rings (SSSR count). The molecule has 1 amide bonds. The van der Waals surface area contributed by atoms with Crippen LogP contribution in [0.1, 0.15) is 85.8 Å². The Labute approximate surface area is 225 Å². The van der Waals surface area contributed by atoms with Crippen molar-refractivity contribution in [3.05, 3.63) is 94.5 Å². The number of carbonyl (C=O) groups excluding carboxylic acids is 2. The number of anilines is 1. The largest absolute Gasteiger partial charge is 0.497 e. The fourth-order valence-corrected chi connectivity index (χ4v) is 5.34. The molecule has 0 radical (unpaired) electrons. The summed E-state index contributed by atoms with van der Waals surface area (Å²) in [4.78, 5) is 30.0. The molecule has 1 atom stereocenters. The number of benzene rings is 3. The van der Waals surface area contributed by atoms with Gasteiger partial charge >= 0.3 is 0 Å². The Morgan fingerprint density at radius 3 is 2.19 bits per heavy atom. The zero-order chi connectivity index (χ0) is 26.4. The van der Waals surface area contributed by atoms with Crippen LogP contribution in [0.2, 0.25) is 5.02 Å². The number of ketones is 1. The van der Waals surface area contributed by atoms with Crippen molar-refractivity contribution in [1.82, 2.24) is 0 Å². The molecule has 0 aliphatic heterocycles. The van der Waals surface area contributed by atoms with E-state index in [0.717, 1.165) is 31.2 Å². The van der Waals surface area contributed by atoms with Gasteiger partial charge in [-0.05, 0) is 65.4 Å². The van der Waals surface area contributed by atoms with Crippen LogP contribution >= 0.6 is 11.6 Å². The highest BCUT2D eigenvalue weighted by Gasteiger charge is 2.34. The van der Waals surface area contributed by atoms with Gasteiger partial charge in [-0.3, -0.25) is 14.5 Å². The maximum absolute atomic E-state index is 14.2. The van der Waals surface area contributed by atoms with Crippen LogP contribution in [0.4, 0.5) is 5.69 Å². The van der Waals surface area contributed by atoms with Crippen molar-refractivity contribution < 1.29 is 14.3 Å². The molecule has 3 aromatic rings. The van der Waals surface area contributed by atoms with Gasteiger partial charge in [0.05, 0.1) is 7.11 Å². The molecule has 0 N–H and O–H groups in total. The maximum Gasteiger partial charge on any atom is 0.259 e. The maximum atomic E-state index is 14.2. The fraction of sp³-hybridized carbons (Fsp3) is 0.375. The second-order valence-electron chi connectivity index (χ2n) is 10.3. The second kappa shape index (κ2) is 12.4. The van der Waals surface area contributed by atoms with Gasteiger partial charge in [-0.15, -0.1) is 0 Å². The minimum atomic E-state index is -0.761. The molecule has 5 heteroatoms. The summed E-state index contributed by atoms with van der Waals surface area (Å²) in [5.41, 5.74) is 3.09. The van der Waals surface area contributed by atoms with Gasteiger partial charge in [-0.1, -0.05) is 87.9 Å². The average Bonchev–Trinajstić information content (AvgIpc) is 2.92. The van der Waals surface area contributed by atoms with Crippen LogP contribution < -0.4 is 9.64 Å². The van der Waals surface area contributed by atoms with Gasteiger partial charge < -0.3 is 4.74 Å². The number of hydrogen-bond acceptors (Lipinski definition) is 3. The van der Waals surface area contributed by atoms with Crippen molar-refractivity contribution in [3.8, 4) is 5.75 Å². The lowest BCUT2D eigenvalue weighted by atomic mass is 9.83. The number of ether oxygens (including phenoxy) is 1. The zero-order valence-corrected chi connectivity index (χ0v) is 22.7. The summed E-state index contributed by atoms with van der Waals surface area (Å²) in [5, 5.41) is 0.592. The van der Waals surface area contributed by atoms with E-state index in [1.165, 1.54) is 12.0 Å². The highest BCUT2D eigenvalue weighted by Crippen LogP contribution is 2.36. The standard InChI is InChI=1S/C32H36ClNO3/c1-22(2)24-14-18-28(19-15-24)34(32(36)26-10-7-11-29(21-26)37-3)31(25-12-16-27(33)17-13-25)30(35)20-23-8-5-4-6-9-23/h7,10-19,21-23,31H,4-6,8-9,20H2,1-3H3. The molecule has 194 valence electrons. The molecule has 3 aromatic carbocycles. The van der Waals surface area contributed by atoms with E-state index in [1.54, 1.807) is 42.3 Å². The van der Waals surface area contributed by atoms with Crippen LogP contribution in [0.5, 0.6) is 5.75 Å². The number of carbonyl (C=O) groups is 2. The average molecular weight is 518 g/mol. The first-order valence-corrected chi connectivity index (χ1v) is 13.6. The number of Topliss-reactive ketones (excluding diaryl/α,β-unsaturated/α-hetero) is 1. The van der Waals surface area contributed by atoms with Crippen molar-refractivity contribution in [2.24, 2.45) is 5.92 Å². The molecule has 0 heterocycles. The number of nitrogens with zero attached hydrogens (tertiary/aromatic N) is 1. The normalized spacial score (nSPS) is 14.8. The SMILES string of the molecule is COc1cccc(C(=O)N(c2ccc(C(C)C)cc2)C(C(=O)CC2CCCCC2)c2ccc(Cl)cc2)c1. The Balaban J connectivity index is 1.81. The van der Waals surface area contributed by atoms with Crippen molar-refractivity contribution in [2.45, 2.75) is 64.3 Å². The highest BCUT2D eigenvalue weighted by molar-refractivity contribution is 6.30. The summed E-state index contributed by atoms with van der Waals surface area (Å²) in [6.45, 7) is 4.27. The zero-order valence-electron chi connectivity index (χ0n) is 22.0. The summed E-state index contributed by atoms with van der Waals surface area (Å²) in [6.07, 6.45) is 6.13. The van der Waals surface area contributed by atoms with Gasteiger partial charge in [0.2, 0.25) is 0 Å². The highest BCUT2D eigenvalue weighted by atomic mass is 35.5. The first-order valence-electron chi connectivity index (χ1n) is 13.2. The molecule has 1 saturated carbocycles. The number of methoxy groups -OCH3 is 1. The fourth-order valence-electron chi connectivity index (χ4n) is 5.21. The van der Waals surface area contributed by atoms with Crippen molar-refractivity contribution in [1.29, 1.82) is 0 Å². The molecule has 0 spiro atoms. The Kier molecular flexibility index (Phi) is 9.04. The molecule has 1 aliphatic carbocycles. The van der Waals surface area contributed by atoms with Crippen LogP contribution in [-0.4, -0.2) is 18.8 Å². The lowest BCUT2D eigenvalue weighted by molar-refractivity contribution is -0.121. The lowest BCUT2D eigenvalue weighted by Gasteiger charge is -2.33. The van der Waals surface area contributed by atoms with E-state index in [0.29, 0.717) is 40.3 Å².